The molecule has 1 amide bonds. The number of hydrogen-bond acceptors (Lipinski definition) is 5. The highest BCUT2D eigenvalue weighted by Crippen LogP contribution is 2.21. The number of carbonyl (C=O) groups excluding carboxylic acids is 1. The minimum atomic E-state index is 0.144. The van der Waals surface area contributed by atoms with Crippen molar-refractivity contribution in [3.05, 3.63) is 29.3 Å². The summed E-state index contributed by atoms with van der Waals surface area (Å²) in [6.45, 7) is 5.40. The van der Waals surface area contributed by atoms with Gasteiger partial charge in [-0.15, -0.1) is 11.8 Å². The summed E-state index contributed by atoms with van der Waals surface area (Å²) in [6, 6.07) is 9.89. The van der Waals surface area contributed by atoms with Crippen LogP contribution in [0, 0.1) is 11.3 Å². The summed E-state index contributed by atoms with van der Waals surface area (Å²) in [6.07, 6.45) is 1.73. The van der Waals surface area contributed by atoms with E-state index in [1.807, 2.05) is 29.2 Å². The molecule has 142 valence electrons. The molecule has 0 spiro atoms. The van der Waals surface area contributed by atoms with Crippen molar-refractivity contribution in [3.63, 3.8) is 0 Å². The van der Waals surface area contributed by atoms with E-state index in [1.54, 1.807) is 11.8 Å². The number of benzene rings is 1. The Labute approximate surface area is 165 Å². The molecule has 0 N–H and O–H groups in total. The van der Waals surface area contributed by atoms with Gasteiger partial charge in [0, 0.05) is 49.1 Å². The molecular weight excluding hydrogens is 370 g/mol. The Bertz CT molecular complexity index is 585. The van der Waals surface area contributed by atoms with E-state index >= 15 is 0 Å². The minimum Gasteiger partial charge on any atom is -0.379 e. The third-order valence-corrected chi connectivity index (χ3v) is 5.60. The minimum absolute atomic E-state index is 0.144. The van der Waals surface area contributed by atoms with Crippen molar-refractivity contribution in [2.75, 3.05) is 51.7 Å². The van der Waals surface area contributed by atoms with Crippen LogP contribution in [0.4, 0.5) is 0 Å². The normalized spacial score (nSPS) is 14.8. The second kappa shape index (κ2) is 12.2. The topological polar surface area (TPSA) is 56.6 Å². The van der Waals surface area contributed by atoms with Gasteiger partial charge in [0.15, 0.2) is 0 Å². The summed E-state index contributed by atoms with van der Waals surface area (Å²) >= 11 is 7.62. The second-order valence-electron chi connectivity index (χ2n) is 6.15. The van der Waals surface area contributed by atoms with Crippen LogP contribution < -0.4 is 0 Å². The second-order valence-corrected chi connectivity index (χ2v) is 7.75. The van der Waals surface area contributed by atoms with Crippen LogP contribution in [0.2, 0.25) is 5.02 Å². The number of halogens is 1. The number of rotatable bonds is 10. The van der Waals surface area contributed by atoms with Gasteiger partial charge in [0.2, 0.25) is 5.91 Å². The first-order valence-electron chi connectivity index (χ1n) is 9.02. The van der Waals surface area contributed by atoms with Crippen LogP contribution in [-0.4, -0.2) is 67.4 Å². The predicted octanol–water partition coefficient (Wildman–Crippen LogP) is 3.29. The van der Waals surface area contributed by atoms with Crippen molar-refractivity contribution >= 4 is 29.3 Å². The Morgan fingerprint density at radius 3 is 2.69 bits per heavy atom. The summed E-state index contributed by atoms with van der Waals surface area (Å²) in [5.74, 6) is 1.04. The molecule has 2 rings (SSSR count). The molecule has 0 radical (unpaired) electrons. The zero-order valence-electron chi connectivity index (χ0n) is 15.0. The SMILES string of the molecule is N#CCCN(CCN1CCOCC1)C(=O)CCCSc1ccc(Cl)cc1. The van der Waals surface area contributed by atoms with Crippen molar-refractivity contribution in [2.24, 2.45) is 0 Å². The van der Waals surface area contributed by atoms with Gasteiger partial charge in [-0.1, -0.05) is 11.6 Å². The first-order valence-corrected chi connectivity index (χ1v) is 10.4. The van der Waals surface area contributed by atoms with Gasteiger partial charge in [0.25, 0.3) is 0 Å². The highest BCUT2D eigenvalue weighted by atomic mass is 35.5. The standard InChI is InChI=1S/C19H26ClN3O2S/c20-17-4-6-18(7-5-17)26-16-1-3-19(24)23(9-2-8-21)11-10-22-12-14-25-15-13-22/h4-7H,1-3,9-16H2. The van der Waals surface area contributed by atoms with Crippen molar-refractivity contribution in [1.29, 1.82) is 5.26 Å². The number of thioether (sulfide) groups is 1. The fourth-order valence-electron chi connectivity index (χ4n) is 2.74. The summed E-state index contributed by atoms with van der Waals surface area (Å²) in [5.41, 5.74) is 0. The van der Waals surface area contributed by atoms with Gasteiger partial charge in [0.05, 0.1) is 25.7 Å². The zero-order chi connectivity index (χ0) is 18.6. The average molecular weight is 396 g/mol. The average Bonchev–Trinajstić information content (AvgIpc) is 2.67. The highest BCUT2D eigenvalue weighted by Gasteiger charge is 2.16. The molecule has 0 unspecified atom stereocenters. The Kier molecular flexibility index (Phi) is 9.86. The third kappa shape index (κ3) is 7.96. The van der Waals surface area contributed by atoms with Crippen LogP contribution in [0.3, 0.4) is 0 Å². The van der Waals surface area contributed by atoms with E-state index in [2.05, 4.69) is 11.0 Å². The van der Waals surface area contributed by atoms with Crippen LogP contribution in [0.1, 0.15) is 19.3 Å². The number of amides is 1. The fourth-order valence-corrected chi connectivity index (χ4v) is 3.71. The number of morpholine rings is 1. The van der Waals surface area contributed by atoms with Crippen LogP contribution in [0.15, 0.2) is 29.2 Å². The number of hydrogen-bond donors (Lipinski definition) is 0. The molecule has 1 aliphatic rings. The van der Waals surface area contributed by atoms with E-state index in [1.165, 1.54) is 0 Å². The van der Waals surface area contributed by atoms with Gasteiger partial charge in [-0.25, -0.2) is 0 Å². The van der Waals surface area contributed by atoms with Crippen molar-refractivity contribution in [1.82, 2.24) is 9.80 Å². The summed E-state index contributed by atoms with van der Waals surface area (Å²) in [5, 5.41) is 9.58. The third-order valence-electron chi connectivity index (χ3n) is 4.25. The van der Waals surface area contributed by atoms with Gasteiger partial charge < -0.3 is 9.64 Å². The van der Waals surface area contributed by atoms with E-state index in [-0.39, 0.29) is 5.91 Å². The quantitative estimate of drug-likeness (QED) is 0.449. The number of nitrogens with zero attached hydrogens (tertiary/aromatic N) is 3. The molecule has 0 bridgehead atoms. The highest BCUT2D eigenvalue weighted by molar-refractivity contribution is 7.99. The molecule has 1 aliphatic heterocycles. The van der Waals surface area contributed by atoms with Crippen LogP contribution in [0.5, 0.6) is 0 Å². The molecule has 1 aromatic carbocycles. The molecule has 1 fully saturated rings. The molecule has 7 heteroatoms. The largest absolute Gasteiger partial charge is 0.379 e. The Morgan fingerprint density at radius 2 is 2.00 bits per heavy atom. The number of ether oxygens (including phenoxy) is 1. The lowest BCUT2D eigenvalue weighted by atomic mass is 10.2. The summed E-state index contributed by atoms with van der Waals surface area (Å²) in [7, 11) is 0. The van der Waals surface area contributed by atoms with Crippen LogP contribution in [-0.2, 0) is 9.53 Å². The van der Waals surface area contributed by atoms with E-state index in [0.717, 1.165) is 54.9 Å². The van der Waals surface area contributed by atoms with Gasteiger partial charge in [-0.3, -0.25) is 9.69 Å². The lowest BCUT2D eigenvalue weighted by Crippen LogP contribution is -2.43. The molecule has 0 saturated carbocycles. The van der Waals surface area contributed by atoms with Crippen molar-refractivity contribution < 1.29 is 9.53 Å². The predicted molar refractivity (Wildman–Crippen MR) is 105 cm³/mol. The maximum atomic E-state index is 12.5. The van der Waals surface area contributed by atoms with Crippen molar-refractivity contribution in [3.8, 4) is 6.07 Å². The van der Waals surface area contributed by atoms with E-state index in [0.29, 0.717) is 25.9 Å². The maximum Gasteiger partial charge on any atom is 0.222 e. The molecule has 0 aromatic heterocycles. The molecule has 1 saturated heterocycles. The summed E-state index contributed by atoms with van der Waals surface area (Å²) < 4.78 is 5.35. The lowest BCUT2D eigenvalue weighted by molar-refractivity contribution is -0.131. The zero-order valence-corrected chi connectivity index (χ0v) is 16.6. The van der Waals surface area contributed by atoms with Gasteiger partial charge >= 0.3 is 0 Å². The Morgan fingerprint density at radius 1 is 1.27 bits per heavy atom. The number of nitriles is 1. The molecule has 5 nitrogen and oxygen atoms in total. The smallest absolute Gasteiger partial charge is 0.222 e. The van der Waals surface area contributed by atoms with Gasteiger partial charge in [0.1, 0.15) is 0 Å². The van der Waals surface area contributed by atoms with Crippen molar-refractivity contribution in [2.45, 2.75) is 24.2 Å². The summed E-state index contributed by atoms with van der Waals surface area (Å²) in [4.78, 5) is 17.8. The molecule has 0 aliphatic carbocycles. The van der Waals surface area contributed by atoms with Crippen LogP contribution in [0.25, 0.3) is 0 Å². The van der Waals surface area contributed by atoms with Crippen LogP contribution >= 0.6 is 23.4 Å². The fraction of sp³-hybridized carbons (Fsp3) is 0.579. The molecule has 1 heterocycles. The Balaban J connectivity index is 1.70. The van der Waals surface area contributed by atoms with Gasteiger partial charge in [-0.05, 0) is 36.4 Å². The first kappa shape index (κ1) is 21.0. The molecular formula is C19H26ClN3O2S. The molecule has 0 atom stereocenters. The Hall–Kier alpha value is -1.26. The maximum absolute atomic E-state index is 12.5. The monoisotopic (exact) mass is 395 g/mol. The molecule has 1 aromatic rings. The number of carbonyl (C=O) groups is 1. The lowest BCUT2D eigenvalue weighted by Gasteiger charge is -2.30. The van der Waals surface area contributed by atoms with E-state index in [4.69, 9.17) is 21.6 Å². The first-order chi connectivity index (χ1) is 12.7. The van der Waals surface area contributed by atoms with E-state index < -0.39 is 0 Å². The molecule has 26 heavy (non-hydrogen) atoms. The van der Waals surface area contributed by atoms with Gasteiger partial charge in [-0.2, -0.15) is 5.26 Å². The van der Waals surface area contributed by atoms with E-state index in [9.17, 15) is 4.79 Å².